The van der Waals surface area contributed by atoms with Crippen molar-refractivity contribution in [2.45, 2.75) is 32.6 Å². The van der Waals surface area contributed by atoms with Gasteiger partial charge in [-0.3, -0.25) is 4.79 Å². The molecule has 2 aromatic rings. The van der Waals surface area contributed by atoms with Gasteiger partial charge in [0.1, 0.15) is 5.82 Å². The Morgan fingerprint density at radius 1 is 1.23 bits per heavy atom. The lowest BCUT2D eigenvalue weighted by molar-refractivity contribution is -0.120. The minimum Gasteiger partial charge on any atom is -0.361 e. The van der Waals surface area contributed by atoms with Crippen LogP contribution in [0.15, 0.2) is 24.4 Å². The molecule has 0 unspecified atom stereocenters. The number of fused-ring (bicyclic) bond motifs is 1. The van der Waals surface area contributed by atoms with E-state index in [2.05, 4.69) is 22.5 Å². The van der Waals surface area contributed by atoms with Crippen molar-refractivity contribution in [3.05, 3.63) is 35.8 Å². The van der Waals surface area contributed by atoms with Gasteiger partial charge >= 0.3 is 0 Å². The number of carbonyl (C=O) groups is 1. The van der Waals surface area contributed by atoms with Gasteiger partial charge in [-0.15, -0.1) is 0 Å². The molecule has 0 atom stereocenters. The van der Waals surface area contributed by atoms with Crippen molar-refractivity contribution in [1.29, 1.82) is 0 Å². The van der Waals surface area contributed by atoms with Crippen LogP contribution in [-0.2, 0) is 11.2 Å². The van der Waals surface area contributed by atoms with E-state index in [1.165, 1.54) is 25.0 Å². The first-order valence-electron chi connectivity index (χ1n) is 7.93. The molecule has 0 spiro atoms. The summed E-state index contributed by atoms with van der Waals surface area (Å²) < 4.78 is 13.3. The zero-order valence-corrected chi connectivity index (χ0v) is 13.0. The number of H-pyrrole nitrogens is 1. The summed E-state index contributed by atoms with van der Waals surface area (Å²) in [5.41, 5.74) is 1.68. The van der Waals surface area contributed by atoms with Crippen LogP contribution in [0.3, 0.4) is 0 Å². The summed E-state index contributed by atoms with van der Waals surface area (Å²) in [4.78, 5) is 15.0. The van der Waals surface area contributed by atoms with E-state index in [0.29, 0.717) is 6.54 Å². The fourth-order valence-electron chi connectivity index (χ4n) is 2.40. The van der Waals surface area contributed by atoms with Crippen LogP contribution in [0, 0.1) is 5.82 Å². The van der Waals surface area contributed by atoms with Crippen LogP contribution in [0.4, 0.5) is 4.39 Å². The molecule has 0 saturated carbocycles. The Morgan fingerprint density at radius 2 is 2.05 bits per heavy atom. The molecule has 0 aliphatic carbocycles. The van der Waals surface area contributed by atoms with Gasteiger partial charge in [-0.25, -0.2) is 4.39 Å². The SMILES string of the molecule is CCCCNCCCNC(=O)Cc1c[nH]c2ccc(F)cc12. The molecule has 0 saturated heterocycles. The molecule has 1 aromatic heterocycles. The minimum atomic E-state index is -0.285. The Labute approximate surface area is 130 Å². The third kappa shape index (κ3) is 4.84. The van der Waals surface area contributed by atoms with E-state index in [4.69, 9.17) is 0 Å². The number of halogens is 1. The van der Waals surface area contributed by atoms with Crippen molar-refractivity contribution in [2.75, 3.05) is 19.6 Å². The van der Waals surface area contributed by atoms with Crippen molar-refractivity contribution >= 4 is 16.8 Å². The molecule has 0 bridgehead atoms. The van der Waals surface area contributed by atoms with Gasteiger partial charge in [0.2, 0.25) is 5.91 Å². The number of unbranched alkanes of at least 4 members (excludes halogenated alkanes) is 1. The molecule has 2 rings (SSSR count). The lowest BCUT2D eigenvalue weighted by atomic mass is 10.1. The third-order valence-electron chi connectivity index (χ3n) is 3.64. The summed E-state index contributed by atoms with van der Waals surface area (Å²) in [6.45, 7) is 4.77. The predicted octanol–water partition coefficient (Wildman–Crippen LogP) is 2.75. The quantitative estimate of drug-likeness (QED) is 0.624. The van der Waals surface area contributed by atoms with Gasteiger partial charge in [0.25, 0.3) is 0 Å². The van der Waals surface area contributed by atoms with Crippen LogP contribution in [0.5, 0.6) is 0 Å². The second kappa shape index (κ2) is 8.54. The number of amides is 1. The largest absolute Gasteiger partial charge is 0.361 e. The molecular formula is C17H24FN3O. The number of hydrogen-bond acceptors (Lipinski definition) is 2. The van der Waals surface area contributed by atoms with E-state index in [1.807, 2.05) is 0 Å². The molecule has 0 aliphatic heterocycles. The second-order valence-corrected chi connectivity index (χ2v) is 5.49. The van der Waals surface area contributed by atoms with E-state index in [9.17, 15) is 9.18 Å². The topological polar surface area (TPSA) is 56.9 Å². The predicted molar refractivity (Wildman–Crippen MR) is 87.4 cm³/mol. The summed E-state index contributed by atoms with van der Waals surface area (Å²) in [5, 5.41) is 7.02. The third-order valence-corrected chi connectivity index (χ3v) is 3.64. The number of aromatic amines is 1. The average molecular weight is 305 g/mol. The van der Waals surface area contributed by atoms with Crippen molar-refractivity contribution < 1.29 is 9.18 Å². The summed E-state index contributed by atoms with van der Waals surface area (Å²) in [5.74, 6) is -0.314. The minimum absolute atomic E-state index is 0.0290. The molecule has 0 fully saturated rings. The Bertz CT molecular complexity index is 609. The molecular weight excluding hydrogens is 281 g/mol. The Balaban J connectivity index is 1.73. The van der Waals surface area contributed by atoms with Gasteiger partial charge < -0.3 is 15.6 Å². The van der Waals surface area contributed by atoms with Crippen molar-refractivity contribution in [3.8, 4) is 0 Å². The van der Waals surface area contributed by atoms with E-state index < -0.39 is 0 Å². The van der Waals surface area contributed by atoms with Gasteiger partial charge in [-0.1, -0.05) is 13.3 Å². The van der Waals surface area contributed by atoms with Gasteiger partial charge in [0.05, 0.1) is 6.42 Å². The standard InChI is InChI=1S/C17H24FN3O/c1-2-3-7-19-8-4-9-20-17(22)10-13-12-21-16-6-5-14(18)11-15(13)16/h5-6,11-12,19,21H,2-4,7-10H2,1H3,(H,20,22). The number of carbonyl (C=O) groups excluding carboxylic acids is 1. The summed E-state index contributed by atoms with van der Waals surface area (Å²) in [6, 6.07) is 4.56. The van der Waals surface area contributed by atoms with Gasteiger partial charge in [-0.2, -0.15) is 0 Å². The lowest BCUT2D eigenvalue weighted by Crippen LogP contribution is -2.28. The highest BCUT2D eigenvalue weighted by molar-refractivity contribution is 5.88. The maximum absolute atomic E-state index is 13.3. The first-order chi connectivity index (χ1) is 10.7. The van der Waals surface area contributed by atoms with E-state index in [-0.39, 0.29) is 18.1 Å². The first-order valence-corrected chi connectivity index (χ1v) is 7.93. The monoisotopic (exact) mass is 305 g/mol. The summed E-state index contributed by atoms with van der Waals surface area (Å²) in [6.07, 6.45) is 5.33. The normalized spacial score (nSPS) is 11.0. The smallest absolute Gasteiger partial charge is 0.224 e. The molecule has 1 heterocycles. The van der Waals surface area contributed by atoms with Crippen LogP contribution in [0.25, 0.3) is 10.9 Å². The highest BCUT2D eigenvalue weighted by Crippen LogP contribution is 2.19. The fraction of sp³-hybridized carbons (Fsp3) is 0.471. The molecule has 3 N–H and O–H groups in total. The van der Waals surface area contributed by atoms with Crippen LogP contribution >= 0.6 is 0 Å². The second-order valence-electron chi connectivity index (χ2n) is 5.49. The zero-order chi connectivity index (χ0) is 15.8. The highest BCUT2D eigenvalue weighted by atomic mass is 19.1. The Morgan fingerprint density at radius 3 is 2.86 bits per heavy atom. The molecule has 120 valence electrons. The molecule has 0 radical (unpaired) electrons. The maximum Gasteiger partial charge on any atom is 0.224 e. The van der Waals surface area contributed by atoms with Gasteiger partial charge in [0, 0.05) is 23.6 Å². The highest BCUT2D eigenvalue weighted by Gasteiger charge is 2.09. The van der Waals surface area contributed by atoms with Crippen LogP contribution in [-0.4, -0.2) is 30.5 Å². The first kappa shape index (κ1) is 16.5. The van der Waals surface area contributed by atoms with Crippen LogP contribution in [0.1, 0.15) is 31.7 Å². The average Bonchev–Trinajstić information content (AvgIpc) is 2.88. The van der Waals surface area contributed by atoms with E-state index >= 15 is 0 Å². The van der Waals surface area contributed by atoms with Gasteiger partial charge in [-0.05, 0) is 49.7 Å². The Kier molecular flexibility index (Phi) is 6.40. The molecule has 1 amide bonds. The number of benzene rings is 1. The van der Waals surface area contributed by atoms with Crippen molar-refractivity contribution in [3.63, 3.8) is 0 Å². The maximum atomic E-state index is 13.3. The molecule has 22 heavy (non-hydrogen) atoms. The summed E-state index contributed by atoms with van der Waals surface area (Å²) >= 11 is 0. The summed E-state index contributed by atoms with van der Waals surface area (Å²) in [7, 11) is 0. The van der Waals surface area contributed by atoms with Crippen LogP contribution < -0.4 is 10.6 Å². The van der Waals surface area contributed by atoms with E-state index in [0.717, 1.165) is 36.0 Å². The van der Waals surface area contributed by atoms with Crippen molar-refractivity contribution in [2.24, 2.45) is 0 Å². The number of aromatic nitrogens is 1. The zero-order valence-electron chi connectivity index (χ0n) is 13.0. The number of hydrogen-bond donors (Lipinski definition) is 3. The number of rotatable bonds is 9. The van der Waals surface area contributed by atoms with Crippen molar-refractivity contribution in [1.82, 2.24) is 15.6 Å². The molecule has 5 heteroatoms. The Hall–Kier alpha value is -1.88. The number of nitrogens with one attached hydrogen (secondary N) is 3. The molecule has 4 nitrogen and oxygen atoms in total. The fourth-order valence-corrected chi connectivity index (χ4v) is 2.40. The van der Waals surface area contributed by atoms with E-state index in [1.54, 1.807) is 12.3 Å². The van der Waals surface area contributed by atoms with Gasteiger partial charge in [0.15, 0.2) is 0 Å². The lowest BCUT2D eigenvalue weighted by Gasteiger charge is -2.06. The molecule has 0 aliphatic rings. The van der Waals surface area contributed by atoms with Crippen LogP contribution in [0.2, 0.25) is 0 Å². The molecule has 1 aromatic carbocycles.